The van der Waals surface area contributed by atoms with Gasteiger partial charge in [-0.05, 0) is 49.4 Å². The fourth-order valence-corrected chi connectivity index (χ4v) is 3.64. The van der Waals surface area contributed by atoms with Crippen molar-refractivity contribution in [3.63, 3.8) is 0 Å². The number of urea groups is 1. The van der Waals surface area contributed by atoms with E-state index in [1.807, 2.05) is 30.3 Å². The lowest BCUT2D eigenvalue weighted by Gasteiger charge is -2.09. The molecule has 0 spiro atoms. The van der Waals surface area contributed by atoms with Crippen molar-refractivity contribution in [1.82, 2.24) is 4.57 Å². The smallest absolute Gasteiger partial charge is 0.323 e. The van der Waals surface area contributed by atoms with Gasteiger partial charge in [0.05, 0.1) is 10.0 Å². The Hall–Kier alpha value is -2.69. The molecule has 0 fully saturated rings. The number of para-hydroxylation sites is 1. The number of rotatable bonds is 3. The van der Waals surface area contributed by atoms with Gasteiger partial charge >= 0.3 is 6.03 Å². The maximum absolute atomic E-state index is 12.3. The zero-order valence-electron chi connectivity index (χ0n) is 14.6. The summed E-state index contributed by atoms with van der Waals surface area (Å²) in [6, 6.07) is 18.8. The molecule has 2 amide bonds. The van der Waals surface area contributed by atoms with E-state index < -0.39 is 0 Å². The number of carbonyl (C=O) groups is 1. The first kappa shape index (κ1) is 17.7. The first-order valence-corrected chi connectivity index (χ1v) is 9.36. The Morgan fingerprint density at radius 3 is 2.26 bits per heavy atom. The van der Waals surface area contributed by atoms with Gasteiger partial charge < -0.3 is 15.2 Å². The van der Waals surface area contributed by atoms with Crippen LogP contribution in [0.5, 0.6) is 0 Å². The van der Waals surface area contributed by atoms with Crippen LogP contribution in [-0.4, -0.2) is 10.6 Å². The van der Waals surface area contributed by atoms with Crippen molar-refractivity contribution >= 4 is 62.4 Å². The van der Waals surface area contributed by atoms with E-state index >= 15 is 0 Å². The highest BCUT2D eigenvalue weighted by Crippen LogP contribution is 2.31. The van der Waals surface area contributed by atoms with Crippen LogP contribution in [0.4, 0.5) is 16.2 Å². The molecule has 1 aromatic heterocycles. The largest absolute Gasteiger partial charge is 0.341 e. The monoisotopic (exact) mass is 397 g/mol. The third kappa shape index (κ3) is 3.34. The lowest BCUT2D eigenvalue weighted by molar-refractivity contribution is 0.262. The van der Waals surface area contributed by atoms with E-state index in [9.17, 15) is 4.79 Å². The summed E-state index contributed by atoms with van der Waals surface area (Å²) in [5, 5.41) is 8.75. The summed E-state index contributed by atoms with van der Waals surface area (Å²) in [6.45, 7) is 3.01. The Bertz CT molecular complexity index is 1170. The van der Waals surface area contributed by atoms with Crippen LogP contribution in [0, 0.1) is 0 Å². The van der Waals surface area contributed by atoms with Crippen LogP contribution >= 0.6 is 23.2 Å². The molecule has 0 atom stereocenters. The van der Waals surface area contributed by atoms with Gasteiger partial charge in [-0.25, -0.2) is 4.79 Å². The molecule has 1 heterocycles. The second-order valence-electron chi connectivity index (χ2n) is 6.20. The van der Waals surface area contributed by atoms with Crippen LogP contribution in [0.25, 0.3) is 21.8 Å². The molecule has 136 valence electrons. The summed E-state index contributed by atoms with van der Waals surface area (Å²) in [5.74, 6) is 0. The molecule has 0 bridgehead atoms. The first-order valence-electron chi connectivity index (χ1n) is 8.61. The standard InChI is InChI=1S/C21H17Cl2N3O/c1-2-26-19-6-4-3-5-15(19)16-11-13(8-10-20(16)26)24-21(27)25-14-7-9-17(22)18(23)12-14/h3-12H,2H2,1H3,(H2,24,25,27). The molecular formula is C21H17Cl2N3O. The van der Waals surface area contributed by atoms with Gasteiger partial charge in [0.25, 0.3) is 0 Å². The molecule has 4 nitrogen and oxygen atoms in total. The third-order valence-corrected chi connectivity index (χ3v) is 5.26. The Morgan fingerprint density at radius 1 is 0.852 bits per heavy atom. The van der Waals surface area contributed by atoms with Gasteiger partial charge in [0.15, 0.2) is 0 Å². The number of anilines is 2. The van der Waals surface area contributed by atoms with Crippen molar-refractivity contribution in [1.29, 1.82) is 0 Å². The van der Waals surface area contributed by atoms with Crippen molar-refractivity contribution in [3.8, 4) is 0 Å². The molecule has 0 aliphatic carbocycles. The highest BCUT2D eigenvalue weighted by atomic mass is 35.5. The summed E-state index contributed by atoms with van der Waals surface area (Å²) in [5.41, 5.74) is 3.63. The highest BCUT2D eigenvalue weighted by Gasteiger charge is 2.11. The summed E-state index contributed by atoms with van der Waals surface area (Å²) in [7, 11) is 0. The fourth-order valence-electron chi connectivity index (χ4n) is 3.34. The summed E-state index contributed by atoms with van der Waals surface area (Å²) in [6.07, 6.45) is 0. The summed E-state index contributed by atoms with van der Waals surface area (Å²) < 4.78 is 2.27. The predicted octanol–water partition coefficient (Wildman–Crippen LogP) is 6.77. The van der Waals surface area contributed by atoms with E-state index in [0.29, 0.717) is 15.7 Å². The van der Waals surface area contributed by atoms with Crippen LogP contribution < -0.4 is 10.6 Å². The summed E-state index contributed by atoms with van der Waals surface area (Å²) >= 11 is 11.9. The van der Waals surface area contributed by atoms with Gasteiger partial charge in [-0.1, -0.05) is 41.4 Å². The van der Waals surface area contributed by atoms with Crippen molar-refractivity contribution in [2.24, 2.45) is 0 Å². The quantitative estimate of drug-likeness (QED) is 0.393. The van der Waals surface area contributed by atoms with Crippen molar-refractivity contribution in [3.05, 3.63) is 70.7 Å². The normalized spacial score (nSPS) is 11.1. The lowest BCUT2D eigenvalue weighted by Crippen LogP contribution is -2.19. The van der Waals surface area contributed by atoms with E-state index in [-0.39, 0.29) is 6.03 Å². The number of carbonyl (C=O) groups excluding carboxylic acids is 1. The molecule has 0 unspecified atom stereocenters. The molecule has 2 N–H and O–H groups in total. The number of hydrogen-bond donors (Lipinski definition) is 2. The zero-order chi connectivity index (χ0) is 19.0. The van der Waals surface area contributed by atoms with E-state index in [1.165, 1.54) is 10.9 Å². The maximum atomic E-state index is 12.3. The minimum absolute atomic E-state index is 0.341. The Kier molecular flexibility index (Phi) is 4.68. The maximum Gasteiger partial charge on any atom is 0.323 e. The number of nitrogens with zero attached hydrogens (tertiary/aromatic N) is 1. The van der Waals surface area contributed by atoms with Gasteiger partial charge in [-0.3, -0.25) is 0 Å². The highest BCUT2D eigenvalue weighted by molar-refractivity contribution is 6.42. The van der Waals surface area contributed by atoms with Gasteiger partial charge in [-0.2, -0.15) is 0 Å². The number of nitrogens with one attached hydrogen (secondary N) is 2. The number of amides is 2. The molecule has 27 heavy (non-hydrogen) atoms. The average Bonchev–Trinajstić information content (AvgIpc) is 2.98. The number of aromatic nitrogens is 1. The Balaban J connectivity index is 1.63. The fraction of sp³-hybridized carbons (Fsp3) is 0.0952. The van der Waals surface area contributed by atoms with Crippen molar-refractivity contribution in [2.75, 3.05) is 10.6 Å². The number of fused-ring (bicyclic) bond motifs is 3. The van der Waals surface area contributed by atoms with Gasteiger partial charge in [0.2, 0.25) is 0 Å². The molecule has 0 saturated carbocycles. The van der Waals surface area contributed by atoms with Crippen molar-refractivity contribution in [2.45, 2.75) is 13.5 Å². The molecule has 0 aliphatic rings. The second-order valence-corrected chi connectivity index (χ2v) is 7.02. The minimum Gasteiger partial charge on any atom is -0.341 e. The molecule has 0 radical (unpaired) electrons. The van der Waals surface area contributed by atoms with E-state index in [1.54, 1.807) is 18.2 Å². The molecular weight excluding hydrogens is 381 g/mol. The van der Waals surface area contributed by atoms with E-state index in [0.717, 1.165) is 23.1 Å². The van der Waals surface area contributed by atoms with Crippen LogP contribution in [0.2, 0.25) is 10.0 Å². The summed E-state index contributed by atoms with van der Waals surface area (Å²) in [4.78, 5) is 12.3. The molecule has 0 saturated heterocycles. The molecule has 4 rings (SSSR count). The van der Waals surface area contributed by atoms with Gasteiger partial charge in [0, 0.05) is 39.7 Å². The first-order chi connectivity index (χ1) is 13.1. The number of aryl methyl sites for hydroxylation is 1. The van der Waals surface area contributed by atoms with Gasteiger partial charge in [0.1, 0.15) is 0 Å². The zero-order valence-corrected chi connectivity index (χ0v) is 16.1. The second kappa shape index (κ2) is 7.14. The Labute approximate surface area is 166 Å². The van der Waals surface area contributed by atoms with Crippen LogP contribution in [0.3, 0.4) is 0 Å². The third-order valence-electron chi connectivity index (χ3n) is 4.52. The van der Waals surface area contributed by atoms with E-state index in [2.05, 4.69) is 34.3 Å². The van der Waals surface area contributed by atoms with Crippen LogP contribution in [0.15, 0.2) is 60.7 Å². The molecule has 0 aliphatic heterocycles. The molecule has 3 aromatic carbocycles. The van der Waals surface area contributed by atoms with Crippen LogP contribution in [-0.2, 0) is 6.54 Å². The number of benzene rings is 3. The molecule has 6 heteroatoms. The van der Waals surface area contributed by atoms with Crippen molar-refractivity contribution < 1.29 is 4.79 Å². The average molecular weight is 398 g/mol. The minimum atomic E-state index is -0.341. The topological polar surface area (TPSA) is 46.1 Å². The lowest BCUT2D eigenvalue weighted by atomic mass is 10.1. The number of hydrogen-bond acceptors (Lipinski definition) is 1. The SMILES string of the molecule is CCn1c2ccccc2c2cc(NC(=O)Nc3ccc(Cl)c(Cl)c3)ccc21. The predicted molar refractivity (Wildman–Crippen MR) is 114 cm³/mol. The van der Waals surface area contributed by atoms with Crippen LogP contribution in [0.1, 0.15) is 6.92 Å². The van der Waals surface area contributed by atoms with E-state index in [4.69, 9.17) is 23.2 Å². The Morgan fingerprint density at radius 2 is 1.52 bits per heavy atom. The van der Waals surface area contributed by atoms with Gasteiger partial charge in [-0.15, -0.1) is 0 Å². The molecule has 4 aromatic rings. The number of halogens is 2.